The van der Waals surface area contributed by atoms with Crippen LogP contribution in [0.5, 0.6) is 0 Å². The molecule has 0 atom stereocenters. The van der Waals surface area contributed by atoms with Crippen LogP contribution in [0.1, 0.15) is 5.82 Å². The fourth-order valence-corrected chi connectivity index (χ4v) is 17.1. The van der Waals surface area contributed by atoms with Crippen LogP contribution in [0.3, 0.4) is 0 Å². The van der Waals surface area contributed by atoms with Crippen LogP contribution in [0.2, 0.25) is 0 Å². The molecule has 14 aromatic carbocycles. The highest BCUT2D eigenvalue weighted by Gasteiger charge is 2.31. The summed E-state index contributed by atoms with van der Waals surface area (Å²) in [7, 11) is 0. The standard InChI is InChI=1S/C83H41N9/c84-42-71-85-59-23-8-3-18-51(59)83(88-71)92-68-36-31-46-38-44(28-32-48(46)74(68)78-70(92)41-58-50-17-5-10-25-63(50)91-65-27-12-7-20-54(65)76(78)82(58)91)45-29-34-60-61(39-45)87-79-55-22-13-21-52-66(37-33-56(72(52)55)80(79)86-60)89-67-35-30-43-14-1-2-15-47(43)73(67)77-69(89)40-57-49-16-4-9-24-62(49)90-64-26-11-6-19-53(64)75(77)81(57)90/h1-41H. The molecule has 9 heteroatoms. The summed E-state index contributed by atoms with van der Waals surface area (Å²) in [5, 5.41) is 32.9. The van der Waals surface area contributed by atoms with Crippen LogP contribution in [0, 0.1) is 11.3 Å². The first kappa shape index (κ1) is 47.3. The molecule has 0 aliphatic heterocycles. The first-order valence-electron chi connectivity index (χ1n) is 31.3. The molecule has 0 fully saturated rings. The maximum Gasteiger partial charge on any atom is 0.234 e. The zero-order chi connectivity index (χ0) is 59.5. The molecule has 0 saturated carbocycles. The minimum absolute atomic E-state index is 0.129. The number of nitriles is 1. The van der Waals surface area contributed by atoms with Gasteiger partial charge >= 0.3 is 0 Å². The van der Waals surface area contributed by atoms with Crippen LogP contribution in [-0.4, -0.2) is 37.9 Å². The van der Waals surface area contributed by atoms with Gasteiger partial charge in [0.1, 0.15) is 11.9 Å². The highest BCUT2D eigenvalue weighted by Crippen LogP contribution is 2.53. The van der Waals surface area contributed by atoms with Gasteiger partial charge < -0.3 is 13.4 Å². The Labute approximate surface area is 520 Å². The summed E-state index contributed by atoms with van der Waals surface area (Å²) in [5.41, 5.74) is 21.3. The van der Waals surface area contributed by atoms with E-state index in [0.717, 1.165) is 99.2 Å². The molecule has 0 bridgehead atoms. The summed E-state index contributed by atoms with van der Waals surface area (Å²) in [4.78, 5) is 20.8. The summed E-state index contributed by atoms with van der Waals surface area (Å²) in [5.74, 6) is 0.806. The second-order valence-electron chi connectivity index (χ2n) is 25.1. The Bertz CT molecular complexity index is 7270. The average Bonchev–Trinajstić information content (AvgIpc) is 1.52. The van der Waals surface area contributed by atoms with E-state index in [1.165, 1.54) is 114 Å². The summed E-state index contributed by atoms with van der Waals surface area (Å²) < 4.78 is 9.76. The normalized spacial score (nSPS) is 12.8. The van der Waals surface area contributed by atoms with Gasteiger partial charge in [-0.25, -0.2) is 19.9 Å². The molecule has 418 valence electrons. The monoisotopic (exact) mass is 1160 g/mol. The first-order valence-corrected chi connectivity index (χ1v) is 31.3. The maximum absolute atomic E-state index is 10.4. The quantitative estimate of drug-likeness (QED) is 0.176. The van der Waals surface area contributed by atoms with E-state index in [1.54, 1.807) is 0 Å². The third-order valence-electron chi connectivity index (χ3n) is 20.7. The van der Waals surface area contributed by atoms with Crippen molar-refractivity contribution in [3.05, 3.63) is 255 Å². The van der Waals surface area contributed by atoms with Crippen molar-refractivity contribution in [3.63, 3.8) is 0 Å². The van der Waals surface area contributed by atoms with Crippen LogP contribution in [0.4, 0.5) is 0 Å². The van der Waals surface area contributed by atoms with Gasteiger partial charge in [-0.3, -0.25) is 4.57 Å². The van der Waals surface area contributed by atoms with E-state index < -0.39 is 0 Å². The lowest BCUT2D eigenvalue weighted by atomic mass is 9.96. The van der Waals surface area contributed by atoms with Crippen molar-refractivity contribution in [2.24, 2.45) is 0 Å². The highest BCUT2D eigenvalue weighted by molar-refractivity contribution is 6.40. The lowest BCUT2D eigenvalue weighted by Gasteiger charge is -2.13. The topological polar surface area (TPSA) is 94.0 Å². The number of rotatable bonds is 3. The van der Waals surface area contributed by atoms with Crippen molar-refractivity contribution in [1.82, 2.24) is 37.9 Å². The molecule has 0 radical (unpaired) electrons. The molecule has 1 aliphatic carbocycles. The van der Waals surface area contributed by atoms with Gasteiger partial charge in [-0.15, -0.1) is 0 Å². The zero-order valence-corrected chi connectivity index (χ0v) is 48.7. The highest BCUT2D eigenvalue weighted by atomic mass is 15.1. The van der Waals surface area contributed by atoms with Gasteiger partial charge in [-0.05, 0) is 124 Å². The molecule has 22 aromatic rings. The van der Waals surface area contributed by atoms with E-state index in [9.17, 15) is 5.26 Å². The van der Waals surface area contributed by atoms with Gasteiger partial charge in [-0.1, -0.05) is 158 Å². The van der Waals surface area contributed by atoms with Gasteiger partial charge in [-0.2, -0.15) is 5.26 Å². The zero-order valence-electron chi connectivity index (χ0n) is 48.7. The largest absolute Gasteiger partial charge is 0.309 e. The summed E-state index contributed by atoms with van der Waals surface area (Å²) in [6.45, 7) is 0. The molecule has 92 heavy (non-hydrogen) atoms. The molecule has 8 heterocycles. The molecular formula is C83H41N9. The van der Waals surface area contributed by atoms with Crippen molar-refractivity contribution in [2.45, 2.75) is 0 Å². The Morgan fingerprint density at radius 3 is 1.51 bits per heavy atom. The second kappa shape index (κ2) is 16.5. The van der Waals surface area contributed by atoms with E-state index in [1.807, 2.05) is 18.2 Å². The molecule has 0 saturated heterocycles. The molecule has 0 unspecified atom stereocenters. The Morgan fingerprint density at radius 1 is 0.283 bits per heavy atom. The predicted molar refractivity (Wildman–Crippen MR) is 378 cm³/mol. The molecule has 0 N–H and O–H groups in total. The van der Waals surface area contributed by atoms with E-state index in [2.05, 4.69) is 260 Å². The van der Waals surface area contributed by atoms with Crippen molar-refractivity contribution in [3.8, 4) is 51.2 Å². The first-order chi connectivity index (χ1) is 45.6. The van der Waals surface area contributed by atoms with Gasteiger partial charge in [0.15, 0.2) is 0 Å². The Morgan fingerprint density at radius 2 is 0.815 bits per heavy atom. The average molecular weight is 1160 g/mol. The molecule has 8 aromatic heterocycles. The van der Waals surface area contributed by atoms with Gasteiger partial charge in [0, 0.05) is 91.9 Å². The summed E-state index contributed by atoms with van der Waals surface area (Å²) in [6.07, 6.45) is 0. The predicted octanol–water partition coefficient (Wildman–Crippen LogP) is 20.7. The Hall–Kier alpha value is -12.8. The minimum atomic E-state index is 0.129. The fraction of sp³-hybridized carbons (Fsp3) is 0. The summed E-state index contributed by atoms with van der Waals surface area (Å²) >= 11 is 0. The van der Waals surface area contributed by atoms with E-state index in [4.69, 9.17) is 15.0 Å². The van der Waals surface area contributed by atoms with E-state index in [0.29, 0.717) is 5.82 Å². The van der Waals surface area contributed by atoms with E-state index in [-0.39, 0.29) is 5.82 Å². The van der Waals surface area contributed by atoms with Crippen LogP contribution < -0.4 is 0 Å². The van der Waals surface area contributed by atoms with Crippen molar-refractivity contribution in [1.29, 1.82) is 5.26 Å². The number of aromatic nitrogens is 8. The SMILES string of the molecule is N#Cc1nc(-n2c3ccc4cc(-c5ccc6nc7c(nc6c5)-c5cccc6c(-n8c9ccc%10ccccc%10c9c9c%10c%11ccccc%11n%11c%12ccccc%12c(cc98)c%10%11)ccc-7c56)ccc4c3c3c4c5ccccc5n5c6ccccc6c(cc32)c45)c2ccccc2n1. The van der Waals surface area contributed by atoms with Gasteiger partial charge in [0.05, 0.1) is 88.8 Å². The molecule has 9 nitrogen and oxygen atoms in total. The Kier molecular flexibility index (Phi) is 8.48. The van der Waals surface area contributed by atoms with Crippen LogP contribution in [0.25, 0.3) is 219 Å². The van der Waals surface area contributed by atoms with Crippen molar-refractivity contribution in [2.75, 3.05) is 0 Å². The lowest BCUT2D eigenvalue weighted by Crippen LogP contribution is -2.02. The smallest absolute Gasteiger partial charge is 0.234 e. The van der Waals surface area contributed by atoms with Crippen molar-refractivity contribution >= 4 is 174 Å². The number of para-hydroxylation sites is 5. The number of hydrogen-bond donors (Lipinski definition) is 0. The van der Waals surface area contributed by atoms with Crippen LogP contribution in [-0.2, 0) is 0 Å². The second-order valence-corrected chi connectivity index (χ2v) is 25.1. The number of fused-ring (bicyclic) bond motifs is 29. The van der Waals surface area contributed by atoms with Gasteiger partial charge in [0.25, 0.3) is 0 Å². The minimum Gasteiger partial charge on any atom is -0.309 e. The number of nitrogens with zero attached hydrogens (tertiary/aromatic N) is 9. The molecule has 1 aliphatic rings. The van der Waals surface area contributed by atoms with Gasteiger partial charge in [0.2, 0.25) is 5.82 Å². The fourth-order valence-electron chi connectivity index (χ4n) is 17.1. The third-order valence-corrected chi connectivity index (χ3v) is 20.7. The van der Waals surface area contributed by atoms with Crippen LogP contribution >= 0.6 is 0 Å². The lowest BCUT2D eigenvalue weighted by molar-refractivity contribution is 1.05. The molecule has 0 amide bonds. The molecular weight excluding hydrogens is 1120 g/mol. The summed E-state index contributed by atoms with van der Waals surface area (Å²) in [6, 6.07) is 93.2. The molecule has 0 spiro atoms. The van der Waals surface area contributed by atoms with E-state index >= 15 is 0 Å². The maximum atomic E-state index is 10.4. The Balaban J connectivity index is 0.718. The van der Waals surface area contributed by atoms with Crippen molar-refractivity contribution < 1.29 is 0 Å². The van der Waals surface area contributed by atoms with Crippen LogP contribution in [0.15, 0.2) is 249 Å². The number of hydrogen-bond acceptors (Lipinski definition) is 5. The molecule has 23 rings (SSSR count). The third kappa shape index (κ3) is 5.63. The number of benzene rings is 14.